The predicted octanol–water partition coefficient (Wildman–Crippen LogP) is 1.62. The first kappa shape index (κ1) is 17.9. The van der Waals surface area contributed by atoms with Crippen molar-refractivity contribution in [2.75, 3.05) is 25.8 Å². The van der Waals surface area contributed by atoms with Crippen LogP contribution in [0.5, 0.6) is 11.5 Å². The number of hydrazine groups is 1. The largest absolute Gasteiger partial charge is 0.493 e. The normalized spacial score (nSPS) is 16.1. The second kappa shape index (κ2) is 7.87. The van der Waals surface area contributed by atoms with Crippen molar-refractivity contribution in [1.29, 1.82) is 0 Å². The first-order chi connectivity index (χ1) is 11.5. The van der Waals surface area contributed by atoms with Gasteiger partial charge in [0.2, 0.25) is 6.35 Å². The molecule has 24 heavy (non-hydrogen) atoms. The number of nitrogens with zero attached hydrogens (tertiary/aromatic N) is 2. The fraction of sp³-hybridized carbons (Fsp3) is 0.500. The maximum absolute atomic E-state index is 12.0. The molecule has 0 bridgehead atoms. The molecular formula is C16H24N4O4. The molecule has 2 rings (SSSR count). The van der Waals surface area contributed by atoms with Gasteiger partial charge in [-0.25, -0.2) is 20.2 Å². The van der Waals surface area contributed by atoms with Crippen molar-refractivity contribution < 1.29 is 19.4 Å². The smallest absolute Gasteiger partial charge is 0.333 e. The van der Waals surface area contributed by atoms with Gasteiger partial charge in [0.1, 0.15) is 0 Å². The molecule has 1 unspecified atom stereocenters. The van der Waals surface area contributed by atoms with E-state index in [0.717, 1.165) is 18.4 Å². The Morgan fingerprint density at radius 3 is 2.62 bits per heavy atom. The Kier molecular flexibility index (Phi) is 5.86. The Bertz CT molecular complexity index is 633. The first-order valence-electron chi connectivity index (χ1n) is 7.84. The summed E-state index contributed by atoms with van der Waals surface area (Å²) in [5.41, 5.74) is 4.59. The van der Waals surface area contributed by atoms with Crippen LogP contribution in [0.15, 0.2) is 17.1 Å². The Morgan fingerprint density at radius 2 is 2.00 bits per heavy atom. The minimum Gasteiger partial charge on any atom is -0.493 e. The highest BCUT2D eigenvalue weighted by Crippen LogP contribution is 2.37. The van der Waals surface area contributed by atoms with Gasteiger partial charge in [0.15, 0.2) is 11.5 Å². The van der Waals surface area contributed by atoms with Crippen molar-refractivity contribution >= 4 is 17.4 Å². The number of urea groups is 1. The lowest BCUT2D eigenvalue weighted by atomic mass is 10.1. The number of amides is 2. The molecule has 3 N–H and O–H groups in total. The van der Waals surface area contributed by atoms with E-state index in [0.29, 0.717) is 29.4 Å². The van der Waals surface area contributed by atoms with Crippen LogP contribution in [-0.4, -0.2) is 44.0 Å². The third kappa shape index (κ3) is 3.70. The van der Waals surface area contributed by atoms with Crippen molar-refractivity contribution in [2.45, 2.75) is 33.0 Å². The molecule has 1 aliphatic heterocycles. The molecule has 1 aromatic rings. The van der Waals surface area contributed by atoms with E-state index in [-0.39, 0.29) is 0 Å². The van der Waals surface area contributed by atoms with Gasteiger partial charge in [0.25, 0.3) is 0 Å². The predicted molar refractivity (Wildman–Crippen MR) is 91.7 cm³/mol. The number of aliphatic hydroxyl groups is 1. The number of benzene rings is 1. The van der Waals surface area contributed by atoms with E-state index >= 15 is 0 Å². The molecule has 0 saturated carbocycles. The number of aliphatic hydroxyl groups excluding tert-OH is 1. The quantitative estimate of drug-likeness (QED) is 0.686. The number of hydrogen-bond donors (Lipinski definition) is 3. The van der Waals surface area contributed by atoms with Crippen LogP contribution in [0.3, 0.4) is 0 Å². The summed E-state index contributed by atoms with van der Waals surface area (Å²) in [4.78, 5) is 16.2. The van der Waals surface area contributed by atoms with Crippen LogP contribution in [0, 0.1) is 0 Å². The minimum atomic E-state index is -1.22. The van der Waals surface area contributed by atoms with E-state index in [4.69, 9.17) is 9.47 Å². The minimum absolute atomic E-state index is 0.405. The highest BCUT2D eigenvalue weighted by molar-refractivity contribution is 6.06. The molecular weight excluding hydrogens is 312 g/mol. The van der Waals surface area contributed by atoms with Crippen molar-refractivity contribution in [3.05, 3.63) is 17.7 Å². The number of hydrogen-bond acceptors (Lipinski definition) is 6. The number of anilines is 1. The summed E-state index contributed by atoms with van der Waals surface area (Å²) in [5.74, 6) is 1.05. The van der Waals surface area contributed by atoms with Gasteiger partial charge in [-0.1, -0.05) is 13.3 Å². The van der Waals surface area contributed by atoms with Gasteiger partial charge >= 0.3 is 6.03 Å². The third-order valence-electron chi connectivity index (χ3n) is 3.73. The molecule has 0 aliphatic carbocycles. The molecule has 0 radical (unpaired) electrons. The Labute approximate surface area is 141 Å². The maximum atomic E-state index is 12.0. The summed E-state index contributed by atoms with van der Waals surface area (Å²) < 4.78 is 10.6. The Hall–Kier alpha value is -2.48. The SMILES string of the molecule is CCCCNC(=O)NN1c2cc(OC)c(OC)cc2C(C)=NC1O. The lowest BCUT2D eigenvalue weighted by Gasteiger charge is -2.33. The van der Waals surface area contributed by atoms with Crippen molar-refractivity contribution in [1.82, 2.24) is 10.7 Å². The zero-order valence-electron chi connectivity index (χ0n) is 14.4. The number of nitrogens with one attached hydrogen (secondary N) is 2. The van der Waals surface area contributed by atoms with Crippen LogP contribution in [0.1, 0.15) is 32.3 Å². The van der Waals surface area contributed by atoms with E-state index in [1.807, 2.05) is 6.92 Å². The number of methoxy groups -OCH3 is 2. The van der Waals surface area contributed by atoms with Crippen molar-refractivity contribution in [3.63, 3.8) is 0 Å². The fourth-order valence-electron chi connectivity index (χ4n) is 2.43. The molecule has 8 heteroatoms. The van der Waals surface area contributed by atoms with Crippen LogP contribution < -0.4 is 25.2 Å². The number of carbonyl (C=O) groups is 1. The number of aliphatic imine (C=N–C) groups is 1. The molecule has 8 nitrogen and oxygen atoms in total. The van der Waals surface area contributed by atoms with E-state index in [1.165, 1.54) is 12.1 Å². The molecule has 2 amide bonds. The zero-order valence-corrected chi connectivity index (χ0v) is 14.4. The Balaban J connectivity index is 2.29. The third-order valence-corrected chi connectivity index (χ3v) is 3.73. The average molecular weight is 336 g/mol. The van der Waals surface area contributed by atoms with Crippen molar-refractivity contribution in [3.8, 4) is 11.5 Å². The van der Waals surface area contributed by atoms with Gasteiger partial charge in [0, 0.05) is 23.9 Å². The average Bonchev–Trinajstić information content (AvgIpc) is 2.57. The second-order valence-electron chi connectivity index (χ2n) is 5.38. The second-order valence-corrected chi connectivity index (χ2v) is 5.38. The van der Waals surface area contributed by atoms with Crippen LogP contribution >= 0.6 is 0 Å². The number of ether oxygens (including phenoxy) is 2. The van der Waals surface area contributed by atoms with Crippen LogP contribution in [0.2, 0.25) is 0 Å². The summed E-state index contributed by atoms with van der Waals surface area (Å²) in [6.07, 6.45) is 0.651. The number of unbranched alkanes of at least 4 members (excludes halogenated alkanes) is 1. The highest BCUT2D eigenvalue weighted by Gasteiger charge is 2.28. The van der Waals surface area contributed by atoms with Crippen LogP contribution in [0.25, 0.3) is 0 Å². The fourth-order valence-corrected chi connectivity index (χ4v) is 2.43. The lowest BCUT2D eigenvalue weighted by Crippen LogP contribution is -2.53. The summed E-state index contributed by atoms with van der Waals surface area (Å²) in [5, 5.41) is 14.3. The molecule has 0 spiro atoms. The molecule has 132 valence electrons. The number of rotatable bonds is 6. The van der Waals surface area contributed by atoms with Crippen LogP contribution in [-0.2, 0) is 0 Å². The standard InChI is InChI=1S/C16H24N4O4/c1-5-6-7-17-15(21)19-20-12-9-14(24-4)13(23-3)8-11(12)10(2)18-16(20)22/h8-9,16,22H,5-7H2,1-4H3,(H2,17,19,21). The van der Waals surface area contributed by atoms with E-state index in [1.54, 1.807) is 26.2 Å². The van der Waals surface area contributed by atoms with Gasteiger partial charge in [-0.15, -0.1) is 0 Å². The van der Waals surface area contributed by atoms with Gasteiger partial charge in [0.05, 0.1) is 19.9 Å². The number of carbonyl (C=O) groups excluding carboxylic acids is 1. The maximum Gasteiger partial charge on any atom is 0.333 e. The van der Waals surface area contributed by atoms with E-state index < -0.39 is 12.4 Å². The summed E-state index contributed by atoms with van der Waals surface area (Å²) in [6, 6.07) is 3.06. The molecule has 1 aliphatic rings. The molecule has 1 heterocycles. The molecule has 1 aromatic carbocycles. The first-order valence-corrected chi connectivity index (χ1v) is 7.84. The van der Waals surface area contributed by atoms with E-state index in [2.05, 4.69) is 15.7 Å². The van der Waals surface area contributed by atoms with Gasteiger partial charge in [-0.2, -0.15) is 0 Å². The highest BCUT2D eigenvalue weighted by atomic mass is 16.5. The zero-order chi connectivity index (χ0) is 17.7. The Morgan fingerprint density at radius 1 is 1.33 bits per heavy atom. The van der Waals surface area contributed by atoms with Gasteiger partial charge < -0.3 is 19.9 Å². The van der Waals surface area contributed by atoms with Crippen LogP contribution in [0.4, 0.5) is 10.5 Å². The summed E-state index contributed by atoms with van der Waals surface area (Å²) in [6.45, 7) is 4.39. The molecule has 0 aromatic heterocycles. The summed E-state index contributed by atoms with van der Waals surface area (Å²) >= 11 is 0. The van der Waals surface area contributed by atoms with Gasteiger partial charge in [-0.3, -0.25) is 0 Å². The lowest BCUT2D eigenvalue weighted by molar-refractivity contribution is 0.162. The summed E-state index contributed by atoms with van der Waals surface area (Å²) in [7, 11) is 3.07. The van der Waals surface area contributed by atoms with Gasteiger partial charge in [-0.05, 0) is 19.4 Å². The molecule has 0 fully saturated rings. The molecule has 0 saturated heterocycles. The number of fused-ring (bicyclic) bond motifs is 1. The topological polar surface area (TPSA) is 95.4 Å². The monoisotopic (exact) mass is 336 g/mol. The molecule has 1 atom stereocenters. The van der Waals surface area contributed by atoms with Crippen molar-refractivity contribution in [2.24, 2.45) is 4.99 Å². The van der Waals surface area contributed by atoms with E-state index in [9.17, 15) is 9.90 Å².